The van der Waals surface area contributed by atoms with Crippen molar-refractivity contribution in [1.29, 1.82) is 0 Å². The first-order chi connectivity index (χ1) is 13.3. The van der Waals surface area contributed by atoms with Crippen LogP contribution in [0.5, 0.6) is 0 Å². The van der Waals surface area contributed by atoms with E-state index in [1.165, 1.54) is 38.5 Å². The number of carbonyl (C=O) groups is 2. The van der Waals surface area contributed by atoms with Crippen LogP contribution in [-0.4, -0.2) is 43.4 Å². The topological polar surface area (TPSA) is 107 Å². The van der Waals surface area contributed by atoms with E-state index in [2.05, 4.69) is 6.92 Å². The third-order valence-electron chi connectivity index (χ3n) is 4.48. The smallest absolute Gasteiger partial charge is 0.327 e. The predicted octanol–water partition coefficient (Wildman–Crippen LogP) is 4.44. The fraction of sp³-hybridized carbons (Fsp3) is 0.900. The second kappa shape index (κ2) is 16.8. The van der Waals surface area contributed by atoms with Gasteiger partial charge in [-0.15, -0.1) is 0 Å². The number of esters is 2. The van der Waals surface area contributed by atoms with Gasteiger partial charge >= 0.3 is 11.9 Å². The summed E-state index contributed by atoms with van der Waals surface area (Å²) >= 11 is 0. The summed E-state index contributed by atoms with van der Waals surface area (Å²) in [6.07, 6.45) is 12.1. The number of hydrogen-bond donors (Lipinski definition) is 1. The van der Waals surface area contributed by atoms with Gasteiger partial charge < -0.3 is 9.47 Å². The first kappa shape index (κ1) is 26.9. The lowest BCUT2D eigenvalue weighted by molar-refractivity contribution is -0.150. The van der Waals surface area contributed by atoms with Crippen molar-refractivity contribution in [3.63, 3.8) is 0 Å². The van der Waals surface area contributed by atoms with Crippen molar-refractivity contribution in [3.8, 4) is 0 Å². The van der Waals surface area contributed by atoms with Crippen molar-refractivity contribution in [2.45, 2.75) is 103 Å². The predicted molar refractivity (Wildman–Crippen MR) is 109 cm³/mol. The minimum absolute atomic E-state index is 0.0506. The molecule has 166 valence electrons. The van der Waals surface area contributed by atoms with E-state index in [4.69, 9.17) is 9.47 Å². The lowest BCUT2D eigenvalue weighted by atomic mass is 10.1. The van der Waals surface area contributed by atoms with Crippen LogP contribution in [0, 0.1) is 0 Å². The van der Waals surface area contributed by atoms with Gasteiger partial charge in [0, 0.05) is 0 Å². The molecule has 0 saturated heterocycles. The van der Waals surface area contributed by atoms with Crippen molar-refractivity contribution < 1.29 is 32.0 Å². The molecule has 0 saturated carbocycles. The van der Waals surface area contributed by atoms with Gasteiger partial charge in [0.1, 0.15) is 0 Å². The van der Waals surface area contributed by atoms with Crippen LogP contribution in [-0.2, 0) is 29.2 Å². The Balaban J connectivity index is 3.93. The summed E-state index contributed by atoms with van der Waals surface area (Å²) < 4.78 is 41.7. The number of ether oxygens (including phenoxy) is 2. The normalized spacial score (nSPS) is 12.5. The van der Waals surface area contributed by atoms with E-state index < -0.39 is 33.7 Å². The highest BCUT2D eigenvalue weighted by atomic mass is 32.2. The molecule has 1 atom stereocenters. The third-order valence-corrected chi connectivity index (χ3v) is 5.56. The Kier molecular flexibility index (Phi) is 16.1. The highest BCUT2D eigenvalue weighted by Gasteiger charge is 2.35. The lowest BCUT2D eigenvalue weighted by Crippen LogP contribution is -2.34. The molecule has 1 N–H and O–H groups in total. The van der Waals surface area contributed by atoms with E-state index in [1.807, 2.05) is 6.92 Å². The standard InChI is InChI=1S/C20H38O7S/c1-3-5-7-8-9-10-11-12-13-14-16-26-19(21)17-18(28(23,24)25)20(22)27-15-6-4-2/h18H,3-17H2,1-2H3,(H,23,24,25). The van der Waals surface area contributed by atoms with E-state index in [9.17, 15) is 22.6 Å². The summed E-state index contributed by atoms with van der Waals surface area (Å²) in [6.45, 7) is 4.32. The first-order valence-electron chi connectivity index (χ1n) is 10.6. The molecule has 7 nitrogen and oxygen atoms in total. The van der Waals surface area contributed by atoms with Gasteiger partial charge in [-0.25, -0.2) is 0 Å². The largest absolute Gasteiger partial charge is 0.466 e. The molecule has 0 aromatic heterocycles. The Morgan fingerprint density at radius 3 is 1.71 bits per heavy atom. The lowest BCUT2D eigenvalue weighted by Gasteiger charge is -2.13. The van der Waals surface area contributed by atoms with Gasteiger partial charge in [0.2, 0.25) is 0 Å². The quantitative estimate of drug-likeness (QED) is 0.198. The molecule has 0 aliphatic carbocycles. The zero-order valence-corrected chi connectivity index (χ0v) is 18.3. The van der Waals surface area contributed by atoms with Crippen molar-refractivity contribution >= 4 is 22.1 Å². The van der Waals surface area contributed by atoms with Crippen molar-refractivity contribution in [1.82, 2.24) is 0 Å². The molecule has 0 amide bonds. The van der Waals surface area contributed by atoms with Crippen LogP contribution < -0.4 is 0 Å². The van der Waals surface area contributed by atoms with E-state index >= 15 is 0 Å². The summed E-state index contributed by atoms with van der Waals surface area (Å²) in [5, 5.41) is -1.93. The molecule has 1 unspecified atom stereocenters. The van der Waals surface area contributed by atoms with Gasteiger partial charge in [0.05, 0.1) is 19.6 Å². The maximum absolute atomic E-state index is 11.8. The molecule has 0 fully saturated rings. The van der Waals surface area contributed by atoms with Crippen molar-refractivity contribution in [3.05, 3.63) is 0 Å². The number of unbranched alkanes of at least 4 members (excludes halogenated alkanes) is 10. The van der Waals surface area contributed by atoms with E-state index in [0.717, 1.165) is 25.7 Å². The highest BCUT2D eigenvalue weighted by Crippen LogP contribution is 2.12. The van der Waals surface area contributed by atoms with Crippen LogP contribution in [0.25, 0.3) is 0 Å². The maximum Gasteiger partial charge on any atom is 0.327 e. The van der Waals surface area contributed by atoms with E-state index in [0.29, 0.717) is 12.8 Å². The van der Waals surface area contributed by atoms with Crippen LogP contribution >= 0.6 is 0 Å². The molecular weight excluding hydrogens is 384 g/mol. The number of rotatable bonds is 18. The summed E-state index contributed by atoms with van der Waals surface area (Å²) in [4.78, 5) is 23.6. The Bertz CT molecular complexity index is 517. The zero-order chi connectivity index (χ0) is 21.3. The van der Waals surface area contributed by atoms with Gasteiger partial charge in [0.15, 0.2) is 5.25 Å². The van der Waals surface area contributed by atoms with Crippen LogP contribution in [0.2, 0.25) is 0 Å². The molecule has 0 bridgehead atoms. The molecule has 28 heavy (non-hydrogen) atoms. The van der Waals surface area contributed by atoms with E-state index in [-0.39, 0.29) is 13.2 Å². The second-order valence-corrected chi connectivity index (χ2v) is 8.73. The summed E-state index contributed by atoms with van der Waals surface area (Å²) in [5.41, 5.74) is 0. The van der Waals surface area contributed by atoms with Gasteiger partial charge in [-0.3, -0.25) is 14.1 Å². The van der Waals surface area contributed by atoms with Crippen molar-refractivity contribution in [2.24, 2.45) is 0 Å². The fourth-order valence-corrected chi connectivity index (χ4v) is 3.36. The van der Waals surface area contributed by atoms with Crippen LogP contribution in [0.15, 0.2) is 0 Å². The van der Waals surface area contributed by atoms with Gasteiger partial charge in [0.25, 0.3) is 10.1 Å². The molecular formula is C20H38O7S. The molecule has 0 aromatic carbocycles. The minimum atomic E-state index is -4.73. The zero-order valence-electron chi connectivity index (χ0n) is 17.5. The van der Waals surface area contributed by atoms with E-state index in [1.54, 1.807) is 0 Å². The maximum atomic E-state index is 11.8. The highest BCUT2D eigenvalue weighted by molar-refractivity contribution is 7.87. The van der Waals surface area contributed by atoms with Crippen LogP contribution in [0.4, 0.5) is 0 Å². The Hall–Kier alpha value is -1.15. The SMILES string of the molecule is CCCCCCCCCCCCOC(=O)CC(C(=O)OCCCC)S(=O)(=O)O. The average Bonchev–Trinajstić information content (AvgIpc) is 2.63. The molecule has 0 heterocycles. The fourth-order valence-electron chi connectivity index (χ4n) is 2.71. The average molecular weight is 423 g/mol. The molecule has 0 radical (unpaired) electrons. The summed E-state index contributed by atoms with van der Waals surface area (Å²) in [5.74, 6) is -1.95. The Morgan fingerprint density at radius 2 is 1.21 bits per heavy atom. The molecule has 8 heteroatoms. The second-order valence-electron chi connectivity index (χ2n) is 7.13. The monoisotopic (exact) mass is 422 g/mol. The Labute approximate surface area is 170 Å². The van der Waals surface area contributed by atoms with Gasteiger partial charge in [-0.1, -0.05) is 78.1 Å². The summed E-state index contributed by atoms with van der Waals surface area (Å²) in [7, 11) is -4.73. The third kappa shape index (κ3) is 14.9. The molecule has 0 aromatic rings. The van der Waals surface area contributed by atoms with Crippen LogP contribution in [0.3, 0.4) is 0 Å². The van der Waals surface area contributed by atoms with Gasteiger partial charge in [-0.05, 0) is 12.8 Å². The summed E-state index contributed by atoms with van der Waals surface area (Å²) in [6, 6.07) is 0. The van der Waals surface area contributed by atoms with Gasteiger partial charge in [-0.2, -0.15) is 8.42 Å². The molecule has 0 aliphatic heterocycles. The molecule has 0 spiro atoms. The molecule has 0 aliphatic rings. The number of carbonyl (C=O) groups excluding carboxylic acids is 2. The van der Waals surface area contributed by atoms with Crippen LogP contribution in [0.1, 0.15) is 97.3 Å². The Morgan fingerprint density at radius 1 is 0.750 bits per heavy atom. The minimum Gasteiger partial charge on any atom is -0.466 e. The van der Waals surface area contributed by atoms with Crippen molar-refractivity contribution in [2.75, 3.05) is 13.2 Å². The number of hydrogen-bond acceptors (Lipinski definition) is 6. The molecule has 0 rings (SSSR count). The first-order valence-corrected chi connectivity index (χ1v) is 12.1.